The number of amides is 2. The summed E-state index contributed by atoms with van der Waals surface area (Å²) in [6.45, 7) is 1.16. The van der Waals surface area contributed by atoms with Crippen LogP contribution in [0.5, 0.6) is 0 Å². The molecule has 0 saturated heterocycles. The number of nitriles is 1. The molecule has 3 aromatic carbocycles. The van der Waals surface area contributed by atoms with Crippen LogP contribution < -0.4 is 11.2 Å². The summed E-state index contributed by atoms with van der Waals surface area (Å²) < 4.78 is 41.9. The summed E-state index contributed by atoms with van der Waals surface area (Å²) in [5.41, 5.74) is 1.40. The second-order valence-corrected chi connectivity index (χ2v) is 11.4. The molecule has 0 atom stereocenters. The molecule has 2 amide bonds. The number of nitrogens with zero attached hydrogens (tertiary/aromatic N) is 5. The molecule has 0 aliphatic carbocycles. The Balaban J connectivity index is 1.30. The zero-order valence-electron chi connectivity index (χ0n) is 24.6. The van der Waals surface area contributed by atoms with Crippen LogP contribution >= 0.6 is 0 Å². The summed E-state index contributed by atoms with van der Waals surface area (Å²) in [5.74, 6) is -0.809. The van der Waals surface area contributed by atoms with Crippen molar-refractivity contribution < 1.29 is 22.8 Å². The van der Waals surface area contributed by atoms with E-state index < -0.39 is 34.8 Å². The number of imide groups is 1. The van der Waals surface area contributed by atoms with Gasteiger partial charge in [0.15, 0.2) is 0 Å². The van der Waals surface area contributed by atoms with Crippen molar-refractivity contribution in [2.75, 3.05) is 13.1 Å². The topological polar surface area (TPSA) is 108 Å². The van der Waals surface area contributed by atoms with Crippen LogP contribution in [0.2, 0.25) is 0 Å². The fraction of sp³-hybridized carbons (Fsp3) is 0.265. The lowest BCUT2D eigenvalue weighted by molar-refractivity contribution is -0.137. The molecular weight excluding hydrogens is 599 g/mol. The Kier molecular flexibility index (Phi) is 8.19. The maximum atomic E-state index is 13.8. The van der Waals surface area contributed by atoms with Crippen molar-refractivity contribution in [3.05, 3.63) is 138 Å². The Hall–Kier alpha value is -5.28. The molecule has 1 aromatic heterocycles. The molecular formula is C34H28F3N5O4. The minimum absolute atomic E-state index is 0.0624. The summed E-state index contributed by atoms with van der Waals surface area (Å²) in [4.78, 5) is 56.5. The Morgan fingerprint density at radius 2 is 1.48 bits per heavy atom. The highest BCUT2D eigenvalue weighted by Gasteiger charge is 2.35. The normalized spacial score (nSPS) is 14.7. The van der Waals surface area contributed by atoms with E-state index >= 15 is 0 Å². The number of hydrogen-bond donors (Lipinski definition) is 0. The van der Waals surface area contributed by atoms with E-state index in [1.807, 2.05) is 11.0 Å². The number of alkyl halides is 3. The Morgan fingerprint density at radius 3 is 2.13 bits per heavy atom. The maximum absolute atomic E-state index is 13.8. The van der Waals surface area contributed by atoms with Gasteiger partial charge in [-0.25, -0.2) is 4.79 Å². The molecule has 0 spiro atoms. The predicted octanol–water partition coefficient (Wildman–Crippen LogP) is 4.19. The smallest absolute Gasteiger partial charge is 0.297 e. The van der Waals surface area contributed by atoms with E-state index in [0.29, 0.717) is 53.0 Å². The monoisotopic (exact) mass is 627 g/mol. The molecule has 0 radical (unpaired) electrons. The highest BCUT2D eigenvalue weighted by molar-refractivity contribution is 6.21. The van der Waals surface area contributed by atoms with Crippen molar-refractivity contribution in [2.45, 2.75) is 45.2 Å². The van der Waals surface area contributed by atoms with Gasteiger partial charge >= 0.3 is 11.9 Å². The molecule has 0 unspecified atom stereocenters. The van der Waals surface area contributed by atoms with Gasteiger partial charge in [-0.15, -0.1) is 0 Å². The van der Waals surface area contributed by atoms with Gasteiger partial charge in [0, 0.05) is 44.8 Å². The second kappa shape index (κ2) is 12.3. The number of aromatic nitrogens is 2. The second-order valence-electron chi connectivity index (χ2n) is 11.4. The van der Waals surface area contributed by atoms with Crippen LogP contribution in [0.25, 0.3) is 0 Å². The summed E-state index contributed by atoms with van der Waals surface area (Å²) in [6.07, 6.45) is -3.89. The summed E-state index contributed by atoms with van der Waals surface area (Å²) in [5, 5.41) is 9.28. The van der Waals surface area contributed by atoms with Crippen LogP contribution in [-0.4, -0.2) is 43.8 Å². The molecule has 12 heteroatoms. The van der Waals surface area contributed by atoms with E-state index in [1.165, 1.54) is 16.7 Å². The number of benzene rings is 3. The summed E-state index contributed by atoms with van der Waals surface area (Å²) in [7, 11) is 0. The standard InChI is InChI=1S/C34H28F3N5O4/c35-34(36,37)25-11-9-22(10-12-25)20-42-32(45)28-21-39(19-24-6-3-5-23(17-24)18-38)16-13-29(28)40(33(42)46)14-4-15-41-30(43)26-7-1-2-8-27(26)31(41)44/h1-3,5-12,17H,4,13-16,19-21H2. The largest absolute Gasteiger partial charge is 0.416 e. The van der Waals surface area contributed by atoms with Crippen LogP contribution in [0, 0.1) is 11.3 Å². The third-order valence-electron chi connectivity index (χ3n) is 8.41. The average Bonchev–Trinajstić information content (AvgIpc) is 3.29. The lowest BCUT2D eigenvalue weighted by Crippen LogP contribution is -2.48. The molecule has 6 rings (SSSR count). The van der Waals surface area contributed by atoms with Crippen molar-refractivity contribution >= 4 is 11.8 Å². The van der Waals surface area contributed by atoms with E-state index in [2.05, 4.69) is 6.07 Å². The Morgan fingerprint density at radius 1 is 0.783 bits per heavy atom. The van der Waals surface area contributed by atoms with Crippen molar-refractivity contribution in [1.82, 2.24) is 18.9 Å². The number of rotatable bonds is 8. The van der Waals surface area contributed by atoms with E-state index in [0.717, 1.165) is 27.2 Å². The zero-order valence-corrected chi connectivity index (χ0v) is 24.6. The molecule has 2 aliphatic heterocycles. The van der Waals surface area contributed by atoms with Crippen LogP contribution in [0.15, 0.2) is 82.4 Å². The molecule has 2 aliphatic rings. The summed E-state index contributed by atoms with van der Waals surface area (Å²) >= 11 is 0. The highest BCUT2D eigenvalue weighted by Crippen LogP contribution is 2.29. The van der Waals surface area contributed by atoms with Gasteiger partial charge in [-0.05, 0) is 53.9 Å². The minimum Gasteiger partial charge on any atom is -0.297 e. The molecule has 234 valence electrons. The quantitative estimate of drug-likeness (QED) is 0.271. The van der Waals surface area contributed by atoms with E-state index in [1.54, 1.807) is 42.5 Å². The first kappa shape index (κ1) is 30.7. The van der Waals surface area contributed by atoms with Gasteiger partial charge in [0.1, 0.15) is 0 Å². The maximum Gasteiger partial charge on any atom is 0.416 e. The van der Waals surface area contributed by atoms with Gasteiger partial charge in [-0.3, -0.25) is 33.3 Å². The first-order chi connectivity index (χ1) is 22.0. The third kappa shape index (κ3) is 5.89. The minimum atomic E-state index is -4.52. The number of carbonyl (C=O) groups is 2. The highest BCUT2D eigenvalue weighted by atomic mass is 19.4. The van der Waals surface area contributed by atoms with E-state index in [4.69, 9.17) is 0 Å². The first-order valence-corrected chi connectivity index (χ1v) is 14.7. The van der Waals surface area contributed by atoms with Crippen molar-refractivity contribution in [2.24, 2.45) is 0 Å². The van der Waals surface area contributed by atoms with Crippen molar-refractivity contribution in [1.29, 1.82) is 5.26 Å². The van der Waals surface area contributed by atoms with Crippen LogP contribution in [0.3, 0.4) is 0 Å². The molecule has 0 saturated carbocycles. The van der Waals surface area contributed by atoms with E-state index in [-0.39, 0.29) is 32.6 Å². The molecule has 9 nitrogen and oxygen atoms in total. The van der Waals surface area contributed by atoms with Gasteiger partial charge < -0.3 is 0 Å². The number of halogens is 3. The third-order valence-corrected chi connectivity index (χ3v) is 8.41. The van der Waals surface area contributed by atoms with Gasteiger partial charge in [-0.2, -0.15) is 18.4 Å². The molecule has 3 heterocycles. The number of carbonyl (C=O) groups excluding carboxylic acids is 2. The molecule has 0 N–H and O–H groups in total. The Labute approximate surface area is 261 Å². The molecule has 4 aromatic rings. The van der Waals surface area contributed by atoms with Crippen LogP contribution in [-0.2, 0) is 38.8 Å². The predicted molar refractivity (Wildman–Crippen MR) is 161 cm³/mol. The summed E-state index contributed by atoms with van der Waals surface area (Å²) in [6, 6.07) is 20.1. The molecule has 46 heavy (non-hydrogen) atoms. The van der Waals surface area contributed by atoms with Crippen LogP contribution in [0.1, 0.15) is 60.6 Å². The van der Waals surface area contributed by atoms with Gasteiger partial charge in [-0.1, -0.05) is 36.4 Å². The lowest BCUT2D eigenvalue weighted by Gasteiger charge is -2.31. The van der Waals surface area contributed by atoms with Gasteiger partial charge in [0.05, 0.1) is 40.4 Å². The Bertz CT molecular complexity index is 1970. The van der Waals surface area contributed by atoms with Gasteiger partial charge in [0.25, 0.3) is 17.4 Å². The lowest BCUT2D eigenvalue weighted by atomic mass is 10.0. The van der Waals surface area contributed by atoms with E-state index in [9.17, 15) is 37.6 Å². The number of hydrogen-bond acceptors (Lipinski definition) is 6. The number of fused-ring (bicyclic) bond motifs is 2. The average molecular weight is 628 g/mol. The van der Waals surface area contributed by atoms with Gasteiger partial charge in [0.2, 0.25) is 0 Å². The SMILES string of the molecule is N#Cc1cccc(CN2CCc3c(c(=O)n(Cc4ccc(C(F)(F)F)cc4)c(=O)n3CCCN3C(=O)c4ccccc4C3=O)C2)c1. The molecule has 0 bridgehead atoms. The van der Waals surface area contributed by atoms with Crippen molar-refractivity contribution in [3.8, 4) is 6.07 Å². The fourth-order valence-electron chi connectivity index (χ4n) is 6.12. The fourth-order valence-corrected chi connectivity index (χ4v) is 6.12. The van der Waals surface area contributed by atoms with Crippen LogP contribution in [0.4, 0.5) is 13.2 Å². The first-order valence-electron chi connectivity index (χ1n) is 14.7. The van der Waals surface area contributed by atoms with Crippen molar-refractivity contribution in [3.63, 3.8) is 0 Å². The zero-order chi connectivity index (χ0) is 32.6. The molecule has 0 fully saturated rings.